The predicted molar refractivity (Wildman–Crippen MR) is 108 cm³/mol. The van der Waals surface area contributed by atoms with Crippen molar-refractivity contribution in [2.75, 3.05) is 6.61 Å². The first-order valence-electron chi connectivity index (χ1n) is 11.0. The second-order valence-electron chi connectivity index (χ2n) is 9.64. The Balaban J connectivity index is 1.58. The van der Waals surface area contributed by atoms with Crippen LogP contribution in [0.5, 0.6) is 5.75 Å². The molecule has 4 aliphatic carbocycles. The van der Waals surface area contributed by atoms with Crippen molar-refractivity contribution < 1.29 is 19.4 Å². The van der Waals surface area contributed by atoms with Crippen molar-refractivity contribution in [2.45, 2.75) is 64.7 Å². The summed E-state index contributed by atoms with van der Waals surface area (Å²) in [5, 5.41) is 18.9. The van der Waals surface area contributed by atoms with Gasteiger partial charge in [-0.3, -0.25) is 10.2 Å². The van der Waals surface area contributed by atoms with Crippen LogP contribution >= 0.6 is 0 Å². The Hall–Kier alpha value is -2.17. The number of aromatic hydroxyl groups is 1. The number of nitrogens with one attached hydrogen (secondary N) is 1. The number of fused-ring (bicyclic) bond motifs is 3. The SMILES string of the molecule is CCOC(=O)C(=N)c1c(O)ccc2c1CCC1C3C[C@@H]2CC[C@]2(C)C(=O)CC[C@]132. The molecule has 154 valence electrons. The molecule has 5 heteroatoms. The molecule has 1 aromatic carbocycles. The maximum absolute atomic E-state index is 12.8. The van der Waals surface area contributed by atoms with Crippen molar-refractivity contribution in [3.63, 3.8) is 0 Å². The van der Waals surface area contributed by atoms with E-state index >= 15 is 0 Å². The van der Waals surface area contributed by atoms with Crippen molar-refractivity contribution in [3.8, 4) is 5.75 Å². The van der Waals surface area contributed by atoms with Crippen molar-refractivity contribution in [1.82, 2.24) is 0 Å². The zero-order valence-electron chi connectivity index (χ0n) is 17.2. The number of rotatable bonds is 3. The molecule has 5 atom stereocenters. The molecule has 5 rings (SSSR count). The first kappa shape index (κ1) is 18.8. The molecule has 3 saturated carbocycles. The maximum Gasteiger partial charge on any atom is 0.356 e. The molecule has 0 saturated heterocycles. The number of carbonyl (C=O) groups is 2. The Kier molecular flexibility index (Phi) is 4.00. The van der Waals surface area contributed by atoms with Crippen molar-refractivity contribution in [1.29, 1.82) is 5.41 Å². The standard InChI is InChI=1S/C24H29NO4/c1-3-29-22(28)21(25)20-15-4-6-16-17-12-13(14(15)5-7-18(20)26)8-10-23(2)19(27)9-11-24(16,17)23/h5,7,13,16-17,25-26H,3-4,6,8-12H2,1-2H3/t13-,16?,17?,23+,24-/m0/s1. The number of hydrogen-bond acceptors (Lipinski definition) is 5. The molecule has 0 amide bonds. The Morgan fingerprint density at radius 1 is 1.24 bits per heavy atom. The van der Waals surface area contributed by atoms with Gasteiger partial charge >= 0.3 is 5.97 Å². The largest absolute Gasteiger partial charge is 0.507 e. The Morgan fingerprint density at radius 3 is 2.79 bits per heavy atom. The number of ketones is 1. The summed E-state index contributed by atoms with van der Waals surface area (Å²) in [7, 11) is 0. The maximum atomic E-state index is 12.8. The number of Topliss-reactive ketones (excluding diaryl/α,β-unsaturated/α-hetero) is 1. The lowest BCUT2D eigenvalue weighted by atomic mass is 9.70. The summed E-state index contributed by atoms with van der Waals surface area (Å²) in [6.45, 7) is 4.15. The smallest absolute Gasteiger partial charge is 0.356 e. The fourth-order valence-electron chi connectivity index (χ4n) is 7.49. The van der Waals surface area contributed by atoms with Gasteiger partial charge in [-0.05, 0) is 85.8 Å². The third-order valence-electron chi connectivity index (χ3n) is 8.84. The van der Waals surface area contributed by atoms with E-state index in [2.05, 4.69) is 6.92 Å². The van der Waals surface area contributed by atoms with Crippen LogP contribution in [0.3, 0.4) is 0 Å². The molecule has 2 unspecified atom stereocenters. The first-order valence-corrected chi connectivity index (χ1v) is 11.0. The summed E-state index contributed by atoms with van der Waals surface area (Å²) in [4.78, 5) is 25.1. The number of benzene rings is 1. The van der Waals surface area contributed by atoms with Gasteiger partial charge < -0.3 is 9.84 Å². The zero-order valence-corrected chi connectivity index (χ0v) is 17.2. The molecule has 2 N–H and O–H groups in total. The van der Waals surface area contributed by atoms with Crippen LogP contribution in [0.25, 0.3) is 0 Å². The summed E-state index contributed by atoms with van der Waals surface area (Å²) in [5.41, 5.74) is 2.19. The molecule has 0 aliphatic heterocycles. The second kappa shape index (κ2) is 6.16. The predicted octanol–water partition coefficient (Wildman–Crippen LogP) is 4.14. The quantitative estimate of drug-likeness (QED) is 0.595. The number of phenolic OH excluding ortho intramolecular Hbond substituents is 1. The highest BCUT2D eigenvalue weighted by atomic mass is 16.5. The molecule has 29 heavy (non-hydrogen) atoms. The van der Waals surface area contributed by atoms with E-state index in [0.717, 1.165) is 56.1 Å². The van der Waals surface area contributed by atoms with Gasteiger partial charge in [0, 0.05) is 11.8 Å². The molecule has 0 heterocycles. The number of ether oxygens (including phenoxy) is 1. The van der Waals surface area contributed by atoms with E-state index < -0.39 is 5.97 Å². The highest BCUT2D eigenvalue weighted by molar-refractivity contribution is 6.43. The van der Waals surface area contributed by atoms with E-state index in [0.29, 0.717) is 29.1 Å². The fraction of sp³-hybridized carbons (Fsp3) is 0.625. The number of hydrogen-bond donors (Lipinski definition) is 2. The van der Waals surface area contributed by atoms with E-state index in [1.165, 1.54) is 0 Å². The minimum absolute atomic E-state index is 0.0128. The monoisotopic (exact) mass is 395 g/mol. The van der Waals surface area contributed by atoms with E-state index in [9.17, 15) is 14.7 Å². The lowest BCUT2D eigenvalue weighted by Gasteiger charge is -2.33. The van der Waals surface area contributed by atoms with Crippen LogP contribution in [0.4, 0.5) is 0 Å². The van der Waals surface area contributed by atoms with Crippen molar-refractivity contribution in [3.05, 3.63) is 28.8 Å². The third kappa shape index (κ3) is 2.30. The Labute approximate surface area is 171 Å². The lowest BCUT2D eigenvalue weighted by Crippen LogP contribution is -2.32. The van der Waals surface area contributed by atoms with Gasteiger partial charge in [0.2, 0.25) is 0 Å². The van der Waals surface area contributed by atoms with Crippen LogP contribution in [0.15, 0.2) is 12.1 Å². The van der Waals surface area contributed by atoms with Crippen molar-refractivity contribution >= 4 is 17.5 Å². The van der Waals surface area contributed by atoms with Gasteiger partial charge in [-0.2, -0.15) is 0 Å². The molecule has 4 aliphatic rings. The number of carbonyl (C=O) groups excluding carboxylic acids is 2. The van der Waals surface area contributed by atoms with E-state index in [1.54, 1.807) is 13.0 Å². The average Bonchev–Trinajstić information content (AvgIpc) is 3.26. The van der Waals surface area contributed by atoms with Crippen molar-refractivity contribution in [2.24, 2.45) is 22.7 Å². The van der Waals surface area contributed by atoms with Crippen LogP contribution in [-0.4, -0.2) is 29.2 Å². The number of phenols is 1. The highest BCUT2D eigenvalue weighted by Crippen LogP contribution is 2.80. The number of esters is 1. The van der Waals surface area contributed by atoms with Gasteiger partial charge in [-0.15, -0.1) is 0 Å². The minimum atomic E-state index is -0.684. The lowest BCUT2D eigenvalue weighted by molar-refractivity contribution is -0.135. The molecular weight excluding hydrogens is 366 g/mol. The minimum Gasteiger partial charge on any atom is -0.507 e. The normalized spacial score (nSPS) is 36.9. The van der Waals surface area contributed by atoms with Gasteiger partial charge in [-0.1, -0.05) is 13.0 Å². The van der Waals surface area contributed by atoms with E-state index in [-0.39, 0.29) is 28.9 Å². The molecule has 0 radical (unpaired) electrons. The molecule has 2 bridgehead atoms. The summed E-state index contributed by atoms with van der Waals surface area (Å²) < 4.78 is 5.04. The average molecular weight is 395 g/mol. The summed E-state index contributed by atoms with van der Waals surface area (Å²) in [6, 6.07) is 3.61. The zero-order chi connectivity index (χ0) is 20.6. The molecular formula is C24H29NO4. The van der Waals surface area contributed by atoms with Crippen LogP contribution in [0, 0.1) is 28.1 Å². The second-order valence-corrected chi connectivity index (χ2v) is 9.64. The van der Waals surface area contributed by atoms with Gasteiger partial charge in [0.1, 0.15) is 11.5 Å². The summed E-state index contributed by atoms with van der Waals surface area (Å²) >= 11 is 0. The highest BCUT2D eigenvalue weighted by Gasteiger charge is 2.76. The molecule has 3 fully saturated rings. The topological polar surface area (TPSA) is 87.5 Å². The summed E-state index contributed by atoms with van der Waals surface area (Å²) in [6.07, 6.45) is 6.41. The fourth-order valence-corrected chi connectivity index (χ4v) is 7.49. The van der Waals surface area contributed by atoms with Gasteiger partial charge in [0.25, 0.3) is 0 Å². The van der Waals surface area contributed by atoms with Crippen LogP contribution in [-0.2, 0) is 20.7 Å². The molecule has 1 spiro atoms. The molecule has 0 aromatic heterocycles. The van der Waals surface area contributed by atoms with Crippen LogP contribution in [0.1, 0.15) is 75.0 Å². The van der Waals surface area contributed by atoms with E-state index in [4.69, 9.17) is 10.1 Å². The van der Waals surface area contributed by atoms with E-state index in [1.807, 2.05) is 6.07 Å². The van der Waals surface area contributed by atoms with Gasteiger partial charge in [0.05, 0.1) is 12.2 Å². The van der Waals surface area contributed by atoms with Gasteiger partial charge in [0.15, 0.2) is 5.71 Å². The van der Waals surface area contributed by atoms with Crippen LogP contribution in [0.2, 0.25) is 0 Å². The molecule has 5 nitrogen and oxygen atoms in total. The Bertz CT molecular complexity index is 937. The molecule has 1 aromatic rings. The van der Waals surface area contributed by atoms with Gasteiger partial charge in [-0.25, -0.2) is 4.79 Å². The van der Waals surface area contributed by atoms with Crippen LogP contribution < -0.4 is 0 Å². The third-order valence-corrected chi connectivity index (χ3v) is 8.84. The summed E-state index contributed by atoms with van der Waals surface area (Å²) in [5.74, 6) is 1.24. The Morgan fingerprint density at radius 2 is 2.03 bits per heavy atom. The first-order chi connectivity index (χ1) is 13.8.